The van der Waals surface area contributed by atoms with Crippen LogP contribution in [0.4, 0.5) is 0 Å². The number of H-pyrrole nitrogens is 2. The monoisotopic (exact) mass is 598 g/mol. The molecule has 2 amide bonds. The van der Waals surface area contributed by atoms with Crippen molar-refractivity contribution in [1.82, 2.24) is 20.6 Å². The Morgan fingerprint density at radius 2 is 1.40 bits per heavy atom. The minimum Gasteiger partial charge on any atom is -0.351 e. The molecule has 0 saturated heterocycles. The number of hydrogen-bond acceptors (Lipinski definition) is 3. The highest BCUT2D eigenvalue weighted by Gasteiger charge is 2.27. The van der Waals surface area contributed by atoms with Crippen molar-refractivity contribution < 1.29 is 14.4 Å². The summed E-state index contributed by atoms with van der Waals surface area (Å²) < 4.78 is 1.91. The lowest BCUT2D eigenvalue weighted by Crippen LogP contribution is -2.27. The fourth-order valence-electron chi connectivity index (χ4n) is 3.90. The van der Waals surface area contributed by atoms with E-state index in [-0.39, 0.29) is 23.6 Å². The maximum Gasteiger partial charge on any atom is 0.268 e. The van der Waals surface area contributed by atoms with Gasteiger partial charge in [0.1, 0.15) is 11.4 Å². The number of carbonyl (C=O) groups is 3. The van der Waals surface area contributed by atoms with Gasteiger partial charge in [-0.15, -0.1) is 0 Å². The number of nitrogens with one attached hydrogen (secondary N) is 4. The maximum absolute atomic E-state index is 12.2. The topological polar surface area (TPSA) is 107 Å². The van der Waals surface area contributed by atoms with Gasteiger partial charge in [-0.1, -0.05) is 31.9 Å². The Hall–Kier alpha value is -2.91. The molecule has 2 aromatic carbocycles. The molecule has 0 atom stereocenters. The summed E-state index contributed by atoms with van der Waals surface area (Å²) in [6.45, 7) is 1.48. The van der Waals surface area contributed by atoms with E-state index in [1.165, 1.54) is 6.92 Å². The molecule has 2 heterocycles. The highest BCUT2D eigenvalue weighted by Crippen LogP contribution is 2.28. The molecule has 2 aliphatic rings. The third-order valence-electron chi connectivity index (χ3n) is 5.99. The molecule has 4 aromatic rings. The van der Waals surface area contributed by atoms with Crippen LogP contribution in [0.3, 0.4) is 0 Å². The van der Waals surface area contributed by atoms with Crippen LogP contribution in [-0.4, -0.2) is 39.6 Å². The van der Waals surface area contributed by atoms with Crippen molar-refractivity contribution >= 4 is 71.3 Å². The van der Waals surface area contributed by atoms with Gasteiger partial charge in [-0.25, -0.2) is 0 Å². The van der Waals surface area contributed by atoms with Crippen LogP contribution in [0.5, 0.6) is 0 Å². The van der Waals surface area contributed by atoms with Gasteiger partial charge in [0, 0.05) is 42.8 Å². The number of carbonyl (C=O) groups excluding carboxylic acids is 3. The van der Waals surface area contributed by atoms with Gasteiger partial charge < -0.3 is 20.6 Å². The molecule has 0 aliphatic heterocycles. The Labute approximate surface area is 218 Å². The van der Waals surface area contributed by atoms with Crippen LogP contribution in [0.25, 0.3) is 21.8 Å². The van der Waals surface area contributed by atoms with Crippen molar-refractivity contribution in [2.75, 3.05) is 0 Å². The van der Waals surface area contributed by atoms with Gasteiger partial charge in [-0.2, -0.15) is 0 Å². The fraction of sp³-hybridized carbons (Fsp3) is 0.269. The quantitative estimate of drug-likeness (QED) is 0.216. The lowest BCUT2D eigenvalue weighted by atomic mass is 10.1. The SMILES string of the molecule is CC(=O)c1c(C(=O)NC2CC2)[nH]c2ccc(Br)cc12.O=C(NC1CC1)c1cc2cc(Br)ccc2[nH]1. The molecule has 2 saturated carbocycles. The van der Waals surface area contributed by atoms with Crippen molar-refractivity contribution in [1.29, 1.82) is 0 Å². The normalized spacial score (nSPS) is 14.9. The molecular weight excluding hydrogens is 576 g/mol. The number of rotatable bonds is 5. The molecule has 2 fully saturated rings. The van der Waals surface area contributed by atoms with Gasteiger partial charge in [-0.05, 0) is 75.1 Å². The molecule has 0 radical (unpaired) electrons. The summed E-state index contributed by atoms with van der Waals surface area (Å²) in [6, 6.07) is 14.1. The van der Waals surface area contributed by atoms with E-state index in [1.54, 1.807) is 0 Å². The van der Waals surface area contributed by atoms with Crippen LogP contribution in [0.15, 0.2) is 51.4 Å². The van der Waals surface area contributed by atoms with Gasteiger partial charge in [0.25, 0.3) is 11.8 Å². The summed E-state index contributed by atoms with van der Waals surface area (Å²) in [7, 11) is 0. The van der Waals surface area contributed by atoms with Crippen molar-refractivity contribution in [3.05, 3.63) is 68.4 Å². The molecule has 7 nitrogen and oxygen atoms in total. The second kappa shape index (κ2) is 9.62. The Balaban J connectivity index is 0.000000147. The van der Waals surface area contributed by atoms with Crippen molar-refractivity contribution in [2.45, 2.75) is 44.7 Å². The van der Waals surface area contributed by atoms with Gasteiger partial charge in [0.15, 0.2) is 5.78 Å². The average Bonchev–Trinajstić information content (AvgIpc) is 3.72. The summed E-state index contributed by atoms with van der Waals surface area (Å²) in [5, 5.41) is 7.70. The van der Waals surface area contributed by atoms with Crippen LogP contribution < -0.4 is 10.6 Å². The highest BCUT2D eigenvalue weighted by atomic mass is 79.9. The second-order valence-electron chi connectivity index (χ2n) is 9.03. The molecule has 9 heteroatoms. The molecule has 6 rings (SSSR count). The first-order chi connectivity index (χ1) is 16.8. The van der Waals surface area contributed by atoms with E-state index >= 15 is 0 Å². The zero-order valence-electron chi connectivity index (χ0n) is 19.0. The fourth-order valence-corrected chi connectivity index (χ4v) is 4.64. The van der Waals surface area contributed by atoms with E-state index in [4.69, 9.17) is 0 Å². The number of hydrogen-bond donors (Lipinski definition) is 4. The summed E-state index contributed by atoms with van der Waals surface area (Å²) in [4.78, 5) is 42.0. The molecule has 4 N–H and O–H groups in total. The highest BCUT2D eigenvalue weighted by molar-refractivity contribution is 9.10. The molecular formula is C26H24Br2N4O3. The van der Waals surface area contributed by atoms with Gasteiger partial charge in [-0.3, -0.25) is 14.4 Å². The molecule has 0 spiro atoms. The zero-order valence-corrected chi connectivity index (χ0v) is 22.2. The van der Waals surface area contributed by atoms with E-state index in [0.717, 1.165) is 56.4 Å². The predicted molar refractivity (Wildman–Crippen MR) is 143 cm³/mol. The van der Waals surface area contributed by atoms with Gasteiger partial charge >= 0.3 is 0 Å². The Bertz CT molecular complexity index is 1460. The number of ketones is 1. The minimum atomic E-state index is -0.194. The van der Waals surface area contributed by atoms with Crippen LogP contribution in [-0.2, 0) is 0 Å². The third kappa shape index (κ3) is 5.51. The first-order valence-electron chi connectivity index (χ1n) is 11.5. The van der Waals surface area contributed by atoms with Crippen LogP contribution >= 0.6 is 31.9 Å². The third-order valence-corrected chi connectivity index (χ3v) is 6.98. The molecule has 0 bridgehead atoms. The number of aromatic amines is 2. The Morgan fingerprint density at radius 3 is 2.03 bits per heavy atom. The lowest BCUT2D eigenvalue weighted by Gasteiger charge is -2.02. The molecule has 0 unspecified atom stereocenters. The van der Waals surface area contributed by atoms with E-state index in [2.05, 4.69) is 52.5 Å². The van der Waals surface area contributed by atoms with E-state index < -0.39 is 0 Å². The van der Waals surface area contributed by atoms with Crippen molar-refractivity contribution in [3.8, 4) is 0 Å². The first-order valence-corrected chi connectivity index (χ1v) is 13.1. The smallest absolute Gasteiger partial charge is 0.268 e. The van der Waals surface area contributed by atoms with E-state index in [1.807, 2.05) is 42.5 Å². The molecule has 180 valence electrons. The molecule has 35 heavy (non-hydrogen) atoms. The summed E-state index contributed by atoms with van der Waals surface area (Å²) in [5.74, 6) is -0.305. The van der Waals surface area contributed by atoms with Crippen molar-refractivity contribution in [2.24, 2.45) is 0 Å². The number of benzene rings is 2. The average molecular weight is 600 g/mol. The van der Waals surface area contributed by atoms with Gasteiger partial charge in [0.2, 0.25) is 0 Å². The summed E-state index contributed by atoms with van der Waals surface area (Å²) in [6.07, 6.45) is 4.26. The summed E-state index contributed by atoms with van der Waals surface area (Å²) >= 11 is 6.80. The van der Waals surface area contributed by atoms with Crippen LogP contribution in [0, 0.1) is 0 Å². The standard InChI is InChI=1S/C14H13BrN2O2.C12H11BrN2O/c1-7(18)12-10-6-8(15)2-5-11(10)17-13(12)14(19)16-9-3-4-9;13-8-1-4-10-7(5-8)6-11(15-10)12(16)14-9-2-3-9/h2,5-6,9,17H,3-4H2,1H3,(H,16,19);1,4-6,9,15H,2-3H2,(H,14,16). The molecule has 2 aliphatic carbocycles. The van der Waals surface area contributed by atoms with E-state index in [9.17, 15) is 14.4 Å². The Kier molecular flexibility index (Phi) is 6.55. The van der Waals surface area contributed by atoms with Crippen LogP contribution in [0.2, 0.25) is 0 Å². The molecule has 2 aromatic heterocycles. The number of fused-ring (bicyclic) bond motifs is 2. The second-order valence-corrected chi connectivity index (χ2v) is 10.9. The summed E-state index contributed by atoms with van der Waals surface area (Å²) in [5.41, 5.74) is 3.26. The number of aromatic nitrogens is 2. The van der Waals surface area contributed by atoms with Gasteiger partial charge in [0.05, 0.1) is 5.56 Å². The first kappa shape index (κ1) is 23.8. The predicted octanol–water partition coefficient (Wildman–Crippen LogP) is 5.85. The largest absolute Gasteiger partial charge is 0.351 e. The number of Topliss-reactive ketones (excluding diaryl/α,β-unsaturated/α-hetero) is 1. The van der Waals surface area contributed by atoms with E-state index in [0.29, 0.717) is 23.0 Å². The lowest BCUT2D eigenvalue weighted by molar-refractivity contribution is 0.0931. The number of amides is 2. The maximum atomic E-state index is 12.2. The zero-order chi connectivity index (χ0) is 24.7. The van der Waals surface area contributed by atoms with Crippen LogP contribution in [0.1, 0.15) is 63.9 Å². The number of halogens is 2. The van der Waals surface area contributed by atoms with Crippen molar-refractivity contribution in [3.63, 3.8) is 0 Å². The Morgan fingerprint density at radius 1 is 0.800 bits per heavy atom. The minimum absolute atomic E-state index is 0.00479.